The fraction of sp³-hybridized carbons (Fsp3) is 0.750. The number of aryl methyl sites for hydroxylation is 1. The van der Waals surface area contributed by atoms with Gasteiger partial charge in [0, 0.05) is 26.3 Å². The van der Waals surface area contributed by atoms with E-state index in [2.05, 4.69) is 14.7 Å². The molecule has 118 valence electrons. The minimum Gasteiger partial charge on any atom is -0.379 e. The number of sulfonamides is 1. The minimum atomic E-state index is -3.57. The van der Waals surface area contributed by atoms with Crippen molar-refractivity contribution in [1.29, 1.82) is 0 Å². The third kappa shape index (κ3) is 3.27. The third-order valence-corrected chi connectivity index (χ3v) is 5.31. The number of nitrogens with one attached hydrogen (secondary N) is 1. The molecule has 3 heterocycles. The molecule has 2 saturated heterocycles. The Kier molecular flexibility index (Phi) is 4.27. The summed E-state index contributed by atoms with van der Waals surface area (Å²) in [5.74, 6) is 0. The van der Waals surface area contributed by atoms with Gasteiger partial charge in [0.25, 0.3) is 0 Å². The van der Waals surface area contributed by atoms with Gasteiger partial charge in [-0.25, -0.2) is 13.1 Å². The van der Waals surface area contributed by atoms with Crippen LogP contribution in [0.5, 0.6) is 0 Å². The Morgan fingerprint density at radius 2 is 2.05 bits per heavy atom. The Bertz CT molecular complexity index is 582. The highest BCUT2D eigenvalue weighted by atomic mass is 32.2. The predicted molar refractivity (Wildman–Crippen MR) is 74.3 cm³/mol. The Morgan fingerprint density at radius 3 is 2.71 bits per heavy atom. The second-order valence-corrected chi connectivity index (χ2v) is 7.04. The summed E-state index contributed by atoms with van der Waals surface area (Å²) < 4.78 is 39.8. The lowest BCUT2D eigenvalue weighted by atomic mass is 10.1. The van der Waals surface area contributed by atoms with Crippen LogP contribution in [0, 0.1) is 0 Å². The molecule has 1 aromatic heterocycles. The van der Waals surface area contributed by atoms with Gasteiger partial charge in [-0.3, -0.25) is 9.58 Å². The van der Waals surface area contributed by atoms with Gasteiger partial charge in [-0.05, 0) is 0 Å². The Hall–Kier alpha value is -1.00. The summed E-state index contributed by atoms with van der Waals surface area (Å²) in [6.45, 7) is 3.90. The largest absolute Gasteiger partial charge is 0.379 e. The van der Waals surface area contributed by atoms with Crippen molar-refractivity contribution in [2.45, 2.75) is 17.0 Å². The van der Waals surface area contributed by atoms with Crippen molar-refractivity contribution in [3.05, 3.63) is 12.4 Å². The smallest absolute Gasteiger partial charge is 0.244 e. The number of morpholine rings is 1. The van der Waals surface area contributed by atoms with Gasteiger partial charge in [0.1, 0.15) is 4.90 Å². The van der Waals surface area contributed by atoms with E-state index in [-0.39, 0.29) is 17.0 Å². The molecule has 0 spiro atoms. The van der Waals surface area contributed by atoms with Crippen LogP contribution in [-0.2, 0) is 26.5 Å². The molecule has 0 aromatic carbocycles. The van der Waals surface area contributed by atoms with Gasteiger partial charge in [0.2, 0.25) is 10.0 Å². The zero-order valence-electron chi connectivity index (χ0n) is 11.9. The van der Waals surface area contributed by atoms with Crippen molar-refractivity contribution in [2.24, 2.45) is 7.05 Å². The lowest BCUT2D eigenvalue weighted by Crippen LogP contribution is -2.54. The number of rotatable bonds is 4. The SMILES string of the molecule is Cn1cc(S(=O)(=O)NC2COCC2N2CCOCC2)cn1. The van der Waals surface area contributed by atoms with E-state index >= 15 is 0 Å². The highest BCUT2D eigenvalue weighted by Crippen LogP contribution is 2.17. The van der Waals surface area contributed by atoms with E-state index in [1.807, 2.05) is 0 Å². The molecule has 9 heteroatoms. The van der Waals surface area contributed by atoms with Crippen molar-refractivity contribution >= 4 is 10.0 Å². The highest BCUT2D eigenvalue weighted by molar-refractivity contribution is 7.89. The van der Waals surface area contributed by atoms with Crippen LogP contribution in [0.1, 0.15) is 0 Å². The number of nitrogens with zero attached hydrogens (tertiary/aromatic N) is 3. The summed E-state index contributed by atoms with van der Waals surface area (Å²) in [6.07, 6.45) is 2.84. The van der Waals surface area contributed by atoms with Gasteiger partial charge >= 0.3 is 0 Å². The minimum absolute atomic E-state index is 0.0559. The lowest BCUT2D eigenvalue weighted by molar-refractivity contribution is 0.0117. The summed E-state index contributed by atoms with van der Waals surface area (Å²) in [7, 11) is -1.88. The molecule has 2 atom stereocenters. The topological polar surface area (TPSA) is 85.7 Å². The van der Waals surface area contributed by atoms with Gasteiger partial charge in [-0.2, -0.15) is 5.10 Å². The quantitative estimate of drug-likeness (QED) is 0.751. The maximum atomic E-state index is 12.4. The van der Waals surface area contributed by atoms with E-state index in [4.69, 9.17) is 9.47 Å². The van der Waals surface area contributed by atoms with E-state index in [1.54, 1.807) is 7.05 Å². The van der Waals surface area contributed by atoms with Crippen molar-refractivity contribution in [2.75, 3.05) is 39.5 Å². The van der Waals surface area contributed by atoms with Crippen molar-refractivity contribution < 1.29 is 17.9 Å². The molecule has 0 aliphatic carbocycles. The molecule has 0 bridgehead atoms. The molecule has 2 unspecified atom stereocenters. The predicted octanol–water partition coefficient (Wildman–Crippen LogP) is -1.20. The summed E-state index contributed by atoms with van der Waals surface area (Å²) in [5.41, 5.74) is 0. The average molecular weight is 316 g/mol. The van der Waals surface area contributed by atoms with E-state index in [0.717, 1.165) is 13.1 Å². The molecule has 8 nitrogen and oxygen atoms in total. The first-order valence-electron chi connectivity index (χ1n) is 6.97. The zero-order chi connectivity index (χ0) is 14.9. The average Bonchev–Trinajstić information content (AvgIpc) is 3.09. The van der Waals surface area contributed by atoms with Crippen LogP contribution in [0.3, 0.4) is 0 Å². The van der Waals surface area contributed by atoms with Crippen molar-refractivity contribution in [1.82, 2.24) is 19.4 Å². The van der Waals surface area contributed by atoms with Gasteiger partial charge in [0.15, 0.2) is 0 Å². The first-order valence-corrected chi connectivity index (χ1v) is 8.45. The number of ether oxygens (including phenoxy) is 2. The normalized spacial score (nSPS) is 28.0. The Labute approximate surface area is 124 Å². The molecular formula is C12H20N4O4S. The molecule has 2 aliphatic rings. The van der Waals surface area contributed by atoms with Gasteiger partial charge in [-0.15, -0.1) is 0 Å². The van der Waals surface area contributed by atoms with E-state index in [9.17, 15) is 8.42 Å². The molecule has 21 heavy (non-hydrogen) atoms. The third-order valence-electron chi connectivity index (χ3n) is 3.86. The fourth-order valence-corrected chi connectivity index (χ4v) is 3.97. The lowest BCUT2D eigenvalue weighted by Gasteiger charge is -2.34. The molecule has 1 aromatic rings. The van der Waals surface area contributed by atoms with E-state index in [1.165, 1.54) is 17.1 Å². The fourth-order valence-electron chi connectivity index (χ4n) is 2.73. The Balaban J connectivity index is 1.70. The van der Waals surface area contributed by atoms with Crippen LogP contribution in [-0.4, -0.2) is 74.7 Å². The van der Waals surface area contributed by atoms with Gasteiger partial charge in [-0.1, -0.05) is 0 Å². The molecule has 0 radical (unpaired) electrons. The molecule has 0 amide bonds. The molecule has 0 saturated carbocycles. The molecule has 1 N–H and O–H groups in total. The molecule has 2 fully saturated rings. The van der Waals surface area contributed by atoms with Crippen LogP contribution in [0.25, 0.3) is 0 Å². The first-order chi connectivity index (χ1) is 10.1. The number of hydrogen-bond acceptors (Lipinski definition) is 6. The molecular weight excluding hydrogens is 296 g/mol. The number of hydrogen-bond donors (Lipinski definition) is 1. The van der Waals surface area contributed by atoms with Crippen LogP contribution < -0.4 is 4.72 Å². The second kappa shape index (κ2) is 6.01. The monoisotopic (exact) mass is 316 g/mol. The van der Waals surface area contributed by atoms with E-state index < -0.39 is 10.0 Å². The van der Waals surface area contributed by atoms with Gasteiger partial charge in [0.05, 0.1) is 44.7 Å². The van der Waals surface area contributed by atoms with Crippen LogP contribution in [0.4, 0.5) is 0 Å². The summed E-state index contributed by atoms with van der Waals surface area (Å²) in [4.78, 5) is 2.41. The summed E-state index contributed by atoms with van der Waals surface area (Å²) in [6, 6.07) is -0.186. The highest BCUT2D eigenvalue weighted by Gasteiger charge is 2.36. The second-order valence-electron chi connectivity index (χ2n) is 5.33. The Morgan fingerprint density at radius 1 is 1.29 bits per heavy atom. The zero-order valence-corrected chi connectivity index (χ0v) is 12.8. The van der Waals surface area contributed by atoms with Crippen LogP contribution >= 0.6 is 0 Å². The maximum Gasteiger partial charge on any atom is 0.244 e. The first kappa shape index (κ1) is 14.9. The standard InChI is InChI=1S/C12H20N4O4S/c1-15-7-10(6-13-15)21(17,18)14-11-8-20-9-12(11)16-2-4-19-5-3-16/h6-7,11-12,14H,2-5,8-9H2,1H3. The molecule has 3 rings (SSSR count). The van der Waals surface area contributed by atoms with Crippen molar-refractivity contribution in [3.63, 3.8) is 0 Å². The van der Waals surface area contributed by atoms with E-state index in [0.29, 0.717) is 26.4 Å². The van der Waals surface area contributed by atoms with Crippen LogP contribution in [0.2, 0.25) is 0 Å². The van der Waals surface area contributed by atoms with Crippen LogP contribution in [0.15, 0.2) is 17.3 Å². The number of aromatic nitrogens is 2. The molecule has 2 aliphatic heterocycles. The summed E-state index contributed by atoms with van der Waals surface area (Å²) in [5, 5.41) is 3.91. The van der Waals surface area contributed by atoms with Gasteiger partial charge < -0.3 is 9.47 Å². The maximum absolute atomic E-state index is 12.4. The van der Waals surface area contributed by atoms with Crippen molar-refractivity contribution in [3.8, 4) is 0 Å². The summed E-state index contributed by atoms with van der Waals surface area (Å²) >= 11 is 0.